The fraction of sp³-hybridized carbons (Fsp3) is 0.222. The Bertz CT molecular complexity index is 1710. The zero-order valence-electron chi connectivity index (χ0n) is 25.1. The van der Waals surface area contributed by atoms with Gasteiger partial charge in [0.05, 0.1) is 5.69 Å². The van der Waals surface area contributed by atoms with E-state index in [1.54, 1.807) is 6.07 Å². The summed E-state index contributed by atoms with van der Waals surface area (Å²) in [5, 5.41) is 3.39. The number of aryl methyl sites for hydroxylation is 2. The molecule has 0 amide bonds. The van der Waals surface area contributed by atoms with Crippen molar-refractivity contribution in [1.82, 2.24) is 4.98 Å². The van der Waals surface area contributed by atoms with E-state index in [1.807, 2.05) is 62.1 Å². The molecule has 0 saturated heterocycles. The number of nitrogens with zero attached hydrogens (tertiary/aromatic N) is 1. The smallest absolute Gasteiger partial charge is 0.144 e. The van der Waals surface area contributed by atoms with E-state index in [9.17, 15) is 0 Å². The highest BCUT2D eigenvalue weighted by Crippen LogP contribution is 2.39. The van der Waals surface area contributed by atoms with Crippen LogP contribution in [0.2, 0.25) is 19.6 Å². The molecule has 0 N–H and O–H groups in total. The lowest BCUT2D eigenvalue weighted by atomic mass is 10.0. The Hall–Kier alpha value is -2.91. The van der Waals surface area contributed by atoms with Crippen LogP contribution < -0.4 is 0 Å². The molecule has 0 unspecified atom stereocenters. The third-order valence-electron chi connectivity index (χ3n) is 5.16. The van der Waals surface area contributed by atoms with Crippen molar-refractivity contribution >= 4 is 40.8 Å². The van der Waals surface area contributed by atoms with E-state index in [2.05, 4.69) is 4.98 Å². The van der Waals surface area contributed by atoms with Crippen molar-refractivity contribution in [3.8, 4) is 11.3 Å². The van der Waals surface area contributed by atoms with Crippen LogP contribution >= 0.6 is 0 Å². The highest BCUT2D eigenvalue weighted by molar-refractivity contribution is 6.75. The van der Waals surface area contributed by atoms with E-state index >= 15 is 0 Å². The second kappa shape index (κ2) is 6.81. The number of pyridine rings is 1. The highest BCUT2D eigenvalue weighted by Gasteiger charge is 2.20. The maximum absolute atomic E-state index is 9.02. The molecular weight excluding hydrogens is 382 g/mol. The number of rotatable bonds is 3. The van der Waals surface area contributed by atoms with Crippen LogP contribution in [0.25, 0.3) is 44.0 Å². The Kier molecular flexibility index (Phi) is 2.74. The quantitative estimate of drug-likeness (QED) is 0.279. The van der Waals surface area contributed by atoms with Crippen molar-refractivity contribution in [3.63, 3.8) is 0 Å². The van der Waals surface area contributed by atoms with Crippen LogP contribution in [-0.4, -0.2) is 13.1 Å². The van der Waals surface area contributed by atoms with Crippen LogP contribution in [-0.2, 0) is 6.00 Å². The molecule has 2 nitrogen and oxygen atoms in total. The standard InChI is InChI=1S/C27H27NOSi/c1-17-12-25(28-15-18(17)2)24-14-19(16-30(3,4)5)13-23-22-11-10-20-8-6-7-9-21(20)26(22)29-27(23)24/h6-15H,16H2,1-5H3/i1D3,2D3,16D2. The number of aromatic nitrogens is 1. The lowest BCUT2D eigenvalue weighted by Crippen LogP contribution is -2.23. The Morgan fingerprint density at radius 3 is 2.53 bits per heavy atom. The Labute approximate surface area is 189 Å². The van der Waals surface area contributed by atoms with Gasteiger partial charge in [0.15, 0.2) is 0 Å². The summed E-state index contributed by atoms with van der Waals surface area (Å²) < 4.78 is 71.9. The van der Waals surface area contributed by atoms with Crippen molar-refractivity contribution in [2.24, 2.45) is 0 Å². The molecule has 5 rings (SSSR count). The van der Waals surface area contributed by atoms with E-state index in [4.69, 9.17) is 15.4 Å². The third kappa shape index (κ3) is 3.23. The van der Waals surface area contributed by atoms with Crippen LogP contribution in [0, 0.1) is 13.7 Å². The van der Waals surface area contributed by atoms with Gasteiger partial charge in [-0.05, 0) is 66.0 Å². The van der Waals surface area contributed by atoms with Crippen LogP contribution in [0.5, 0.6) is 0 Å². The summed E-state index contributed by atoms with van der Waals surface area (Å²) in [6, 6.07) is 16.5. The van der Waals surface area contributed by atoms with Crippen molar-refractivity contribution in [1.29, 1.82) is 0 Å². The molecule has 2 aromatic heterocycles. The van der Waals surface area contributed by atoms with Crippen LogP contribution in [0.4, 0.5) is 0 Å². The van der Waals surface area contributed by atoms with E-state index in [0.717, 1.165) is 22.4 Å². The molecular formula is C27H27NOSi. The summed E-state index contributed by atoms with van der Waals surface area (Å²) in [5.74, 6) is -1.62. The second-order valence-corrected chi connectivity index (χ2v) is 13.4. The third-order valence-corrected chi connectivity index (χ3v) is 6.20. The van der Waals surface area contributed by atoms with Gasteiger partial charge < -0.3 is 4.42 Å². The molecule has 0 aliphatic carbocycles. The average Bonchev–Trinajstić information content (AvgIpc) is 3.20. The van der Waals surface area contributed by atoms with Gasteiger partial charge in [-0.2, -0.15) is 0 Å². The van der Waals surface area contributed by atoms with Gasteiger partial charge in [0.2, 0.25) is 0 Å². The van der Waals surface area contributed by atoms with Gasteiger partial charge in [-0.3, -0.25) is 4.98 Å². The largest absolute Gasteiger partial charge is 0.455 e. The van der Waals surface area contributed by atoms with E-state index in [-0.39, 0.29) is 16.8 Å². The van der Waals surface area contributed by atoms with Crippen molar-refractivity contribution in [3.05, 3.63) is 77.5 Å². The molecule has 5 aromatic rings. The summed E-state index contributed by atoms with van der Waals surface area (Å²) in [4.78, 5) is 4.38. The predicted octanol–water partition coefficient (Wildman–Crippen LogP) is 7.84. The molecule has 0 fully saturated rings. The van der Waals surface area contributed by atoms with Gasteiger partial charge in [-0.25, -0.2) is 0 Å². The van der Waals surface area contributed by atoms with Gasteiger partial charge >= 0.3 is 0 Å². The number of hydrogen-bond acceptors (Lipinski definition) is 2. The van der Waals surface area contributed by atoms with Gasteiger partial charge in [-0.1, -0.05) is 50.0 Å². The zero-order chi connectivity index (χ0) is 27.8. The SMILES string of the molecule is [2H]C([2H])([2H])c1cnc(-c2cc(C([2H])([2H])[Si](C)(C)C)cc3c2oc2c4ccccc4ccc32)cc1C([2H])([2H])[2H]. The monoisotopic (exact) mass is 417 g/mol. The highest BCUT2D eigenvalue weighted by atomic mass is 28.3. The van der Waals surface area contributed by atoms with Crippen LogP contribution in [0.1, 0.15) is 27.7 Å². The number of furan rings is 1. The normalized spacial score (nSPS) is 17.6. The minimum Gasteiger partial charge on any atom is -0.455 e. The minimum absolute atomic E-state index is 0.214. The van der Waals surface area contributed by atoms with Crippen LogP contribution in [0.15, 0.2) is 65.2 Å². The maximum atomic E-state index is 9.02. The Morgan fingerprint density at radius 2 is 1.73 bits per heavy atom. The number of fused-ring (bicyclic) bond motifs is 5. The summed E-state index contributed by atoms with van der Waals surface area (Å²) >= 11 is 0. The molecule has 0 atom stereocenters. The van der Waals surface area contributed by atoms with Crippen molar-refractivity contribution in [2.45, 2.75) is 39.3 Å². The molecule has 2 heterocycles. The average molecular weight is 418 g/mol. The Morgan fingerprint density at radius 1 is 0.900 bits per heavy atom. The Balaban J connectivity index is 1.91. The summed E-state index contributed by atoms with van der Waals surface area (Å²) in [5.41, 5.74) is 1.52. The number of benzene rings is 3. The molecule has 0 aliphatic rings. The van der Waals surface area contributed by atoms with Gasteiger partial charge in [0.25, 0.3) is 0 Å². The molecule has 0 spiro atoms. The van der Waals surface area contributed by atoms with E-state index in [1.165, 1.54) is 6.07 Å². The minimum atomic E-state index is -2.69. The van der Waals surface area contributed by atoms with Gasteiger partial charge in [0, 0.05) is 47.0 Å². The lowest BCUT2D eigenvalue weighted by Gasteiger charge is -2.17. The maximum Gasteiger partial charge on any atom is 0.144 e. The first-order valence-electron chi connectivity index (χ1n) is 13.9. The first kappa shape index (κ1) is 12.1. The van der Waals surface area contributed by atoms with E-state index < -0.39 is 27.8 Å². The van der Waals surface area contributed by atoms with Gasteiger partial charge in [0.1, 0.15) is 11.2 Å². The number of hydrogen-bond donors (Lipinski definition) is 0. The topological polar surface area (TPSA) is 26.0 Å². The summed E-state index contributed by atoms with van der Waals surface area (Å²) in [6.45, 7) is 0.519. The molecule has 0 aliphatic heterocycles. The molecule has 30 heavy (non-hydrogen) atoms. The predicted molar refractivity (Wildman–Crippen MR) is 131 cm³/mol. The lowest BCUT2D eigenvalue weighted by molar-refractivity contribution is 0.673. The summed E-state index contributed by atoms with van der Waals surface area (Å²) in [7, 11) is -2.38. The molecule has 150 valence electrons. The molecule has 0 radical (unpaired) electrons. The van der Waals surface area contributed by atoms with Crippen molar-refractivity contribution in [2.75, 3.05) is 0 Å². The molecule has 3 heteroatoms. The molecule has 3 aromatic carbocycles. The first-order valence-corrected chi connectivity index (χ1v) is 13.4. The summed E-state index contributed by atoms with van der Waals surface area (Å²) in [6.07, 6.45) is 1.09. The van der Waals surface area contributed by atoms with E-state index in [0.29, 0.717) is 27.7 Å². The molecule has 0 saturated carbocycles. The van der Waals surface area contributed by atoms with Crippen LogP contribution in [0.3, 0.4) is 0 Å². The van der Waals surface area contributed by atoms with Crippen molar-refractivity contribution < 1.29 is 15.4 Å². The zero-order valence-corrected chi connectivity index (χ0v) is 18.1. The fourth-order valence-electron chi connectivity index (χ4n) is 3.90. The molecule has 0 bridgehead atoms. The first-order chi connectivity index (χ1) is 17.5. The fourth-order valence-corrected chi connectivity index (χ4v) is 4.91. The second-order valence-electron chi connectivity index (χ2n) is 8.66. The van der Waals surface area contributed by atoms with Gasteiger partial charge in [-0.15, -0.1) is 0 Å².